The van der Waals surface area contributed by atoms with Crippen LogP contribution in [0.2, 0.25) is 0 Å². The zero-order chi connectivity index (χ0) is 19.5. The Morgan fingerprint density at radius 3 is 2.61 bits per heavy atom. The maximum absolute atomic E-state index is 12.7. The van der Waals surface area contributed by atoms with Crippen LogP contribution in [-0.2, 0) is 6.61 Å². The second kappa shape index (κ2) is 7.61. The van der Waals surface area contributed by atoms with Crippen LogP contribution in [-0.4, -0.2) is 12.9 Å². The van der Waals surface area contributed by atoms with Gasteiger partial charge in [-0.2, -0.15) is 0 Å². The number of hydrogen-bond donors (Lipinski definition) is 0. The summed E-state index contributed by atoms with van der Waals surface area (Å²) in [4.78, 5) is 12.7. The van der Waals surface area contributed by atoms with Crippen LogP contribution in [0.3, 0.4) is 0 Å². The number of para-hydroxylation sites is 1. The van der Waals surface area contributed by atoms with Gasteiger partial charge < -0.3 is 14.2 Å². The third-order valence-corrected chi connectivity index (χ3v) is 4.72. The Kier molecular flexibility index (Phi) is 4.85. The lowest BCUT2D eigenvalue weighted by atomic mass is 10.1. The van der Waals surface area contributed by atoms with E-state index in [0.29, 0.717) is 29.4 Å². The van der Waals surface area contributed by atoms with E-state index in [-0.39, 0.29) is 11.5 Å². The number of carbonyl (C=O) groups excluding carboxylic acids is 1. The van der Waals surface area contributed by atoms with Gasteiger partial charge in [-0.15, -0.1) is 0 Å². The van der Waals surface area contributed by atoms with Crippen LogP contribution >= 0.6 is 0 Å². The molecule has 3 aromatic rings. The van der Waals surface area contributed by atoms with Crippen LogP contribution < -0.4 is 14.2 Å². The molecule has 28 heavy (non-hydrogen) atoms. The average molecular weight is 372 g/mol. The van der Waals surface area contributed by atoms with E-state index in [1.165, 1.54) is 5.56 Å². The van der Waals surface area contributed by atoms with E-state index in [1.807, 2.05) is 42.5 Å². The van der Waals surface area contributed by atoms with E-state index < -0.39 is 0 Å². The number of ketones is 1. The van der Waals surface area contributed by atoms with E-state index in [2.05, 4.69) is 13.0 Å². The number of Topliss-reactive ketones (excluding diaryl/α,β-unsaturated/α-hetero) is 1. The molecule has 3 aromatic carbocycles. The van der Waals surface area contributed by atoms with Gasteiger partial charge in [0.25, 0.3) is 0 Å². The number of fused-ring (bicyclic) bond motifs is 1. The average Bonchev–Trinajstić information content (AvgIpc) is 3.02. The molecule has 0 atom stereocenters. The molecule has 4 heteroatoms. The molecule has 0 spiro atoms. The summed E-state index contributed by atoms with van der Waals surface area (Å²) in [6.45, 7) is 2.52. The minimum Gasteiger partial charge on any atom is -0.496 e. The fourth-order valence-corrected chi connectivity index (χ4v) is 3.12. The molecule has 4 rings (SSSR count). The maximum Gasteiger partial charge on any atom is 0.231 e. The fourth-order valence-electron chi connectivity index (χ4n) is 3.12. The highest BCUT2D eigenvalue weighted by Crippen LogP contribution is 2.36. The predicted molar refractivity (Wildman–Crippen MR) is 108 cm³/mol. The van der Waals surface area contributed by atoms with E-state index in [4.69, 9.17) is 14.2 Å². The molecule has 0 aliphatic carbocycles. The highest BCUT2D eigenvalue weighted by Gasteiger charge is 2.28. The molecule has 0 amide bonds. The molecular weight excluding hydrogens is 352 g/mol. The third-order valence-electron chi connectivity index (χ3n) is 4.72. The largest absolute Gasteiger partial charge is 0.496 e. The number of rotatable bonds is 5. The standard InChI is InChI=1S/C24H20O4/c1-16-7-3-4-9-18(16)15-27-19-11-12-20-22(14-19)28-23(24(20)25)13-17-8-5-6-10-21(17)26-2/h3-14H,15H2,1-2H3/b23-13-. The van der Waals surface area contributed by atoms with E-state index in [0.717, 1.165) is 11.1 Å². The van der Waals surface area contributed by atoms with Crippen molar-refractivity contribution in [1.82, 2.24) is 0 Å². The van der Waals surface area contributed by atoms with Crippen LogP contribution in [0.5, 0.6) is 17.2 Å². The minimum absolute atomic E-state index is 0.147. The number of aryl methyl sites for hydroxylation is 1. The monoisotopic (exact) mass is 372 g/mol. The van der Waals surface area contributed by atoms with Crippen molar-refractivity contribution in [1.29, 1.82) is 0 Å². The molecule has 0 saturated carbocycles. The second-order valence-corrected chi connectivity index (χ2v) is 6.55. The highest BCUT2D eigenvalue weighted by molar-refractivity contribution is 6.14. The molecule has 0 aromatic heterocycles. The molecule has 0 unspecified atom stereocenters. The summed E-state index contributed by atoms with van der Waals surface area (Å²) in [6, 6.07) is 20.9. The van der Waals surface area contributed by atoms with Crippen molar-refractivity contribution >= 4 is 11.9 Å². The molecule has 1 aliphatic rings. The van der Waals surface area contributed by atoms with Gasteiger partial charge in [-0.05, 0) is 42.3 Å². The van der Waals surface area contributed by atoms with Gasteiger partial charge in [-0.25, -0.2) is 0 Å². The number of hydrogen-bond acceptors (Lipinski definition) is 4. The maximum atomic E-state index is 12.7. The summed E-state index contributed by atoms with van der Waals surface area (Å²) in [5.41, 5.74) is 3.62. The number of methoxy groups -OCH3 is 1. The Bertz CT molecular complexity index is 1070. The van der Waals surface area contributed by atoms with Gasteiger partial charge in [0.15, 0.2) is 5.76 Å². The summed E-state index contributed by atoms with van der Waals surface area (Å²) in [7, 11) is 1.60. The van der Waals surface area contributed by atoms with Crippen LogP contribution in [0.15, 0.2) is 72.5 Å². The van der Waals surface area contributed by atoms with E-state index >= 15 is 0 Å². The summed E-state index contributed by atoms with van der Waals surface area (Å²) >= 11 is 0. The lowest BCUT2D eigenvalue weighted by Crippen LogP contribution is -1.99. The van der Waals surface area contributed by atoms with Crippen LogP contribution in [0, 0.1) is 6.92 Å². The van der Waals surface area contributed by atoms with Crippen molar-refractivity contribution in [2.45, 2.75) is 13.5 Å². The minimum atomic E-state index is -0.147. The SMILES string of the molecule is COc1ccccc1/C=C1\Oc2cc(OCc3ccccc3C)ccc2C1=O. The van der Waals surface area contributed by atoms with Crippen LogP contribution in [0.4, 0.5) is 0 Å². The second-order valence-electron chi connectivity index (χ2n) is 6.55. The van der Waals surface area contributed by atoms with Crippen molar-refractivity contribution < 1.29 is 19.0 Å². The van der Waals surface area contributed by atoms with Crippen molar-refractivity contribution in [2.24, 2.45) is 0 Å². The summed E-state index contributed by atoms with van der Waals surface area (Å²) < 4.78 is 17.0. The van der Waals surface area contributed by atoms with Crippen molar-refractivity contribution in [3.05, 3.63) is 94.7 Å². The first kappa shape index (κ1) is 17.9. The fraction of sp³-hybridized carbons (Fsp3) is 0.125. The van der Waals surface area contributed by atoms with Gasteiger partial charge in [0.05, 0.1) is 12.7 Å². The third kappa shape index (κ3) is 3.49. The van der Waals surface area contributed by atoms with Gasteiger partial charge in [0, 0.05) is 11.6 Å². The summed E-state index contributed by atoms with van der Waals surface area (Å²) in [5, 5.41) is 0. The molecular formula is C24H20O4. The molecule has 1 heterocycles. The molecule has 4 nitrogen and oxygen atoms in total. The zero-order valence-electron chi connectivity index (χ0n) is 15.8. The Hall–Kier alpha value is -3.53. The van der Waals surface area contributed by atoms with Crippen molar-refractivity contribution in [2.75, 3.05) is 7.11 Å². The quantitative estimate of drug-likeness (QED) is 0.578. The molecule has 140 valence electrons. The lowest BCUT2D eigenvalue weighted by Gasteiger charge is -2.09. The molecule has 1 aliphatic heterocycles. The lowest BCUT2D eigenvalue weighted by molar-refractivity contribution is 0.101. The molecule has 0 radical (unpaired) electrons. The number of allylic oxidation sites excluding steroid dienone is 1. The highest BCUT2D eigenvalue weighted by atomic mass is 16.5. The van der Waals surface area contributed by atoms with Crippen molar-refractivity contribution in [3.63, 3.8) is 0 Å². The first-order valence-electron chi connectivity index (χ1n) is 9.04. The first-order chi connectivity index (χ1) is 13.7. The first-order valence-corrected chi connectivity index (χ1v) is 9.04. The zero-order valence-corrected chi connectivity index (χ0v) is 15.8. The number of carbonyl (C=O) groups is 1. The molecule has 0 saturated heterocycles. The van der Waals surface area contributed by atoms with Gasteiger partial charge in [0.1, 0.15) is 23.9 Å². The van der Waals surface area contributed by atoms with Gasteiger partial charge in [-0.1, -0.05) is 42.5 Å². The molecule has 0 bridgehead atoms. The van der Waals surface area contributed by atoms with Crippen molar-refractivity contribution in [3.8, 4) is 17.2 Å². The Balaban J connectivity index is 1.54. The van der Waals surface area contributed by atoms with E-state index in [9.17, 15) is 4.79 Å². The van der Waals surface area contributed by atoms with Gasteiger partial charge >= 0.3 is 0 Å². The van der Waals surface area contributed by atoms with Gasteiger partial charge in [0.2, 0.25) is 5.78 Å². The van der Waals surface area contributed by atoms with Crippen LogP contribution in [0.25, 0.3) is 6.08 Å². The Morgan fingerprint density at radius 1 is 1.00 bits per heavy atom. The smallest absolute Gasteiger partial charge is 0.231 e. The Morgan fingerprint density at radius 2 is 1.79 bits per heavy atom. The normalized spacial score (nSPS) is 13.9. The number of benzene rings is 3. The predicted octanol–water partition coefficient (Wildman–Crippen LogP) is 5.20. The number of ether oxygens (including phenoxy) is 3. The Labute approximate surface area is 164 Å². The molecule has 0 N–H and O–H groups in total. The summed E-state index contributed by atoms with van der Waals surface area (Å²) in [6.07, 6.45) is 1.70. The molecule has 0 fully saturated rings. The van der Waals surface area contributed by atoms with E-state index in [1.54, 1.807) is 31.4 Å². The summed E-state index contributed by atoms with van der Waals surface area (Å²) in [5.74, 6) is 1.98. The van der Waals surface area contributed by atoms with Gasteiger partial charge in [-0.3, -0.25) is 4.79 Å². The van der Waals surface area contributed by atoms with Crippen LogP contribution in [0.1, 0.15) is 27.0 Å². The topological polar surface area (TPSA) is 44.8 Å².